The summed E-state index contributed by atoms with van der Waals surface area (Å²) in [6, 6.07) is 7.47. The highest BCUT2D eigenvalue weighted by molar-refractivity contribution is 5.92. The van der Waals surface area contributed by atoms with Crippen LogP contribution in [-0.2, 0) is 11.8 Å². The zero-order valence-corrected chi connectivity index (χ0v) is 16.4. The van der Waals surface area contributed by atoms with Gasteiger partial charge in [0, 0.05) is 18.7 Å². The molecule has 0 saturated carbocycles. The number of methoxy groups -OCH3 is 1. The third-order valence-electron chi connectivity index (χ3n) is 4.38. The minimum Gasteiger partial charge on any atom is -0.495 e. The van der Waals surface area contributed by atoms with Crippen molar-refractivity contribution in [2.24, 2.45) is 7.05 Å². The lowest BCUT2D eigenvalue weighted by atomic mass is 10.1. The van der Waals surface area contributed by atoms with Gasteiger partial charge in [0.1, 0.15) is 28.7 Å². The van der Waals surface area contributed by atoms with Gasteiger partial charge in [-0.1, -0.05) is 0 Å². The van der Waals surface area contributed by atoms with E-state index in [0.29, 0.717) is 35.1 Å². The van der Waals surface area contributed by atoms with Gasteiger partial charge >= 0.3 is 0 Å². The summed E-state index contributed by atoms with van der Waals surface area (Å²) in [5, 5.41) is 10.2. The van der Waals surface area contributed by atoms with Crippen LogP contribution in [0.5, 0.6) is 5.75 Å². The Balaban J connectivity index is 1.76. The van der Waals surface area contributed by atoms with Crippen molar-refractivity contribution in [1.29, 1.82) is 0 Å². The Kier molecular flexibility index (Phi) is 4.59. The Hall–Kier alpha value is -3.95. The van der Waals surface area contributed by atoms with E-state index in [4.69, 9.17) is 4.74 Å². The van der Waals surface area contributed by atoms with E-state index in [2.05, 4.69) is 35.7 Å². The zero-order chi connectivity index (χ0) is 20.5. The predicted molar refractivity (Wildman–Crippen MR) is 109 cm³/mol. The number of anilines is 3. The van der Waals surface area contributed by atoms with Gasteiger partial charge in [-0.2, -0.15) is 5.10 Å². The molecule has 0 aliphatic carbocycles. The van der Waals surface area contributed by atoms with Crippen LogP contribution in [0.4, 0.5) is 17.2 Å². The van der Waals surface area contributed by atoms with Crippen molar-refractivity contribution < 1.29 is 9.53 Å². The average Bonchev–Trinajstić information content (AvgIpc) is 3.23. The number of amides is 1. The molecule has 3 heterocycles. The second-order valence-electron chi connectivity index (χ2n) is 6.48. The number of imidazole rings is 1. The minimum atomic E-state index is 0.395. The molecule has 0 aliphatic rings. The van der Waals surface area contributed by atoms with Crippen LogP contribution in [0.15, 0.2) is 24.3 Å². The molecule has 3 aromatic heterocycles. The number of hydrogen-bond donors (Lipinski definition) is 3. The van der Waals surface area contributed by atoms with Gasteiger partial charge in [0.25, 0.3) is 0 Å². The normalized spacial score (nSPS) is 10.9. The Bertz CT molecular complexity index is 1210. The number of aromatic nitrogens is 6. The molecule has 0 unspecified atom stereocenters. The highest BCUT2D eigenvalue weighted by Gasteiger charge is 2.14. The van der Waals surface area contributed by atoms with E-state index in [1.807, 2.05) is 39.1 Å². The van der Waals surface area contributed by atoms with Crippen LogP contribution >= 0.6 is 0 Å². The maximum absolute atomic E-state index is 10.9. The number of rotatable bonds is 6. The molecule has 0 bridgehead atoms. The van der Waals surface area contributed by atoms with Crippen molar-refractivity contribution in [1.82, 2.24) is 29.7 Å². The molecular formula is C19H20N8O2. The van der Waals surface area contributed by atoms with Gasteiger partial charge in [0.2, 0.25) is 6.41 Å². The van der Waals surface area contributed by atoms with Gasteiger partial charge in [0.05, 0.1) is 18.5 Å². The van der Waals surface area contributed by atoms with Gasteiger partial charge in [0.15, 0.2) is 11.5 Å². The number of carbonyl (C=O) groups is 1. The molecule has 4 aromatic rings. The van der Waals surface area contributed by atoms with Gasteiger partial charge < -0.3 is 20.4 Å². The number of H-pyrrole nitrogens is 1. The maximum Gasteiger partial charge on any atom is 0.212 e. The third-order valence-corrected chi connectivity index (χ3v) is 4.38. The van der Waals surface area contributed by atoms with Crippen LogP contribution in [0, 0.1) is 13.8 Å². The van der Waals surface area contributed by atoms with Gasteiger partial charge in [-0.15, -0.1) is 0 Å². The molecule has 0 aliphatic heterocycles. The van der Waals surface area contributed by atoms with E-state index in [1.165, 1.54) is 0 Å². The fourth-order valence-electron chi connectivity index (χ4n) is 3.18. The summed E-state index contributed by atoms with van der Waals surface area (Å²) in [5.74, 6) is 3.20. The molecule has 1 amide bonds. The highest BCUT2D eigenvalue weighted by Crippen LogP contribution is 2.34. The van der Waals surface area contributed by atoms with E-state index in [0.717, 1.165) is 28.4 Å². The van der Waals surface area contributed by atoms with Crippen molar-refractivity contribution in [3.8, 4) is 17.1 Å². The van der Waals surface area contributed by atoms with E-state index in [9.17, 15) is 4.79 Å². The van der Waals surface area contributed by atoms with Crippen LogP contribution in [0.25, 0.3) is 22.6 Å². The van der Waals surface area contributed by atoms with Crippen molar-refractivity contribution in [2.45, 2.75) is 13.8 Å². The van der Waals surface area contributed by atoms with Gasteiger partial charge in [-0.3, -0.25) is 4.79 Å². The zero-order valence-electron chi connectivity index (χ0n) is 16.4. The smallest absolute Gasteiger partial charge is 0.212 e. The first kappa shape index (κ1) is 18.4. The lowest BCUT2D eigenvalue weighted by Crippen LogP contribution is -2.01. The standard InChI is InChI=1S/C19H20N8O2/c1-10-21-17-14(8-16(20-9-28)25-18(17)22-10)24-13-6-5-12(7-15(13)29-4)19-23-11(2)26-27(19)3/h5-9H,1-4H3,(H3,20,21,22,24,25,28). The first-order valence-electron chi connectivity index (χ1n) is 8.89. The van der Waals surface area contributed by atoms with Crippen LogP contribution in [0.3, 0.4) is 0 Å². The quantitative estimate of drug-likeness (QED) is 0.431. The number of nitrogens with zero attached hydrogens (tertiary/aromatic N) is 5. The molecular weight excluding hydrogens is 372 g/mol. The Morgan fingerprint density at radius 2 is 1.97 bits per heavy atom. The van der Waals surface area contributed by atoms with Crippen molar-refractivity contribution >= 4 is 34.8 Å². The molecule has 0 radical (unpaired) electrons. The van der Waals surface area contributed by atoms with Crippen molar-refractivity contribution in [3.63, 3.8) is 0 Å². The number of pyridine rings is 1. The second-order valence-corrected chi connectivity index (χ2v) is 6.48. The SMILES string of the molecule is COc1cc(-c2nc(C)nn2C)ccc1Nc1cc(NC=O)nc2nc(C)[nH]c12. The third kappa shape index (κ3) is 3.47. The second kappa shape index (κ2) is 7.23. The minimum absolute atomic E-state index is 0.395. The maximum atomic E-state index is 10.9. The van der Waals surface area contributed by atoms with E-state index in [1.54, 1.807) is 17.9 Å². The molecule has 3 N–H and O–H groups in total. The average molecular weight is 392 g/mol. The summed E-state index contributed by atoms with van der Waals surface area (Å²) in [6.07, 6.45) is 0.579. The summed E-state index contributed by atoms with van der Waals surface area (Å²) in [7, 11) is 3.46. The van der Waals surface area contributed by atoms with E-state index >= 15 is 0 Å². The molecule has 1 aromatic carbocycles. The molecule has 0 fully saturated rings. The van der Waals surface area contributed by atoms with Crippen LogP contribution in [0.1, 0.15) is 11.6 Å². The monoisotopic (exact) mass is 392 g/mol. The lowest BCUT2D eigenvalue weighted by Gasteiger charge is -2.14. The number of nitrogens with one attached hydrogen (secondary N) is 3. The van der Waals surface area contributed by atoms with Crippen LogP contribution in [0.2, 0.25) is 0 Å². The Morgan fingerprint density at radius 3 is 2.66 bits per heavy atom. The molecule has 0 atom stereocenters. The Labute approximate surface area is 166 Å². The fourth-order valence-corrected chi connectivity index (χ4v) is 3.18. The van der Waals surface area contributed by atoms with Gasteiger partial charge in [-0.05, 0) is 32.0 Å². The number of benzene rings is 1. The lowest BCUT2D eigenvalue weighted by molar-refractivity contribution is -0.105. The van der Waals surface area contributed by atoms with E-state index < -0.39 is 0 Å². The first-order chi connectivity index (χ1) is 14.0. The summed E-state index contributed by atoms with van der Waals surface area (Å²) < 4.78 is 7.32. The predicted octanol–water partition coefficient (Wildman–Crippen LogP) is 2.69. The largest absolute Gasteiger partial charge is 0.495 e. The van der Waals surface area contributed by atoms with E-state index in [-0.39, 0.29) is 0 Å². The summed E-state index contributed by atoms with van der Waals surface area (Å²) in [6.45, 7) is 3.69. The van der Waals surface area contributed by atoms with Crippen molar-refractivity contribution in [3.05, 3.63) is 35.9 Å². The fraction of sp³-hybridized carbons (Fsp3) is 0.211. The molecule has 0 spiro atoms. The molecule has 148 valence electrons. The molecule has 0 saturated heterocycles. The molecule has 10 nitrogen and oxygen atoms in total. The van der Waals surface area contributed by atoms with Gasteiger partial charge in [-0.25, -0.2) is 19.6 Å². The number of aromatic amines is 1. The molecule has 29 heavy (non-hydrogen) atoms. The summed E-state index contributed by atoms with van der Waals surface area (Å²) in [5.41, 5.74) is 3.57. The Morgan fingerprint density at radius 1 is 1.14 bits per heavy atom. The number of hydrogen-bond acceptors (Lipinski definition) is 7. The molecule has 10 heteroatoms. The summed E-state index contributed by atoms with van der Waals surface area (Å²) in [4.78, 5) is 27.2. The van der Waals surface area contributed by atoms with Crippen molar-refractivity contribution in [2.75, 3.05) is 17.7 Å². The molecule has 4 rings (SSSR count). The van der Waals surface area contributed by atoms with Crippen LogP contribution < -0.4 is 15.4 Å². The van der Waals surface area contributed by atoms with Crippen LogP contribution in [-0.4, -0.2) is 43.2 Å². The topological polar surface area (TPSA) is 123 Å². The number of carbonyl (C=O) groups excluding carboxylic acids is 1. The highest BCUT2D eigenvalue weighted by atomic mass is 16.5. The number of ether oxygens (including phenoxy) is 1. The number of aryl methyl sites for hydroxylation is 3. The number of fused-ring (bicyclic) bond motifs is 1. The first-order valence-corrected chi connectivity index (χ1v) is 8.89. The summed E-state index contributed by atoms with van der Waals surface area (Å²) >= 11 is 0.